The molecular formula is C38H70N2O7. The normalized spacial score (nSPS) is 12.6. The monoisotopic (exact) mass is 667 g/mol. The highest BCUT2D eigenvalue weighted by molar-refractivity contribution is 5.87. The molecule has 2 amide bonds. The Morgan fingerprint density at radius 3 is 1.62 bits per heavy atom. The van der Waals surface area contributed by atoms with Gasteiger partial charge in [0.25, 0.3) is 0 Å². The SMILES string of the molecule is CCCCCC/C=C\CCCCCCCC(=O)OC(CCCCCCCC)CCCCCCCC(=O)NCC(=O)NC(CO)C(=O)O. The number of aliphatic hydroxyl groups is 1. The van der Waals surface area contributed by atoms with Crippen LogP contribution in [0.25, 0.3) is 0 Å². The maximum absolute atomic E-state index is 12.6. The van der Waals surface area contributed by atoms with Gasteiger partial charge in [-0.25, -0.2) is 4.79 Å². The fraction of sp³-hybridized carbons (Fsp3) is 0.842. The number of allylic oxidation sites excluding steroid dienone is 2. The lowest BCUT2D eigenvalue weighted by atomic mass is 10.0. The number of unbranched alkanes of at least 4 members (excludes halogenated alkanes) is 18. The summed E-state index contributed by atoms with van der Waals surface area (Å²) in [6.45, 7) is 3.43. The van der Waals surface area contributed by atoms with Gasteiger partial charge in [-0.05, 0) is 64.2 Å². The van der Waals surface area contributed by atoms with E-state index in [1.165, 1.54) is 83.5 Å². The van der Waals surface area contributed by atoms with E-state index in [2.05, 4.69) is 36.6 Å². The van der Waals surface area contributed by atoms with Crippen molar-refractivity contribution in [3.8, 4) is 0 Å². The van der Waals surface area contributed by atoms with Gasteiger partial charge in [-0.2, -0.15) is 0 Å². The molecule has 0 aliphatic carbocycles. The van der Waals surface area contributed by atoms with Crippen LogP contribution in [0.3, 0.4) is 0 Å². The highest BCUT2D eigenvalue weighted by Gasteiger charge is 2.19. The molecule has 0 aliphatic heterocycles. The summed E-state index contributed by atoms with van der Waals surface area (Å²) in [5.41, 5.74) is 0. The van der Waals surface area contributed by atoms with Crippen molar-refractivity contribution in [3.05, 3.63) is 12.2 Å². The van der Waals surface area contributed by atoms with Crippen molar-refractivity contribution in [3.63, 3.8) is 0 Å². The molecule has 0 aliphatic rings. The molecule has 274 valence electrons. The first kappa shape index (κ1) is 44.6. The van der Waals surface area contributed by atoms with Crippen molar-refractivity contribution in [1.82, 2.24) is 10.6 Å². The molecular weight excluding hydrogens is 596 g/mol. The third-order valence-electron chi connectivity index (χ3n) is 8.51. The summed E-state index contributed by atoms with van der Waals surface area (Å²) in [6, 6.07) is -1.38. The summed E-state index contributed by atoms with van der Waals surface area (Å²) < 4.78 is 5.95. The molecule has 0 bridgehead atoms. The highest BCUT2D eigenvalue weighted by atomic mass is 16.5. The molecule has 0 aromatic rings. The third kappa shape index (κ3) is 30.7. The molecule has 0 aromatic carbocycles. The molecule has 0 saturated heterocycles. The standard InChI is InChI=1S/C38H70N2O7/c1-3-5-7-9-11-12-13-14-15-16-17-22-26-30-37(44)47-33(27-23-19-10-8-6-4-2)28-24-20-18-21-25-29-35(42)39-31-36(43)40-34(32-41)38(45)46/h12-13,33-34,41H,3-11,14-32H2,1-2H3,(H,39,42)(H,40,43)(H,45,46)/b13-12-. The zero-order valence-electron chi connectivity index (χ0n) is 30.0. The molecule has 9 nitrogen and oxygen atoms in total. The Hall–Kier alpha value is -2.42. The molecule has 0 rings (SSSR count). The summed E-state index contributed by atoms with van der Waals surface area (Å²) in [5, 5.41) is 22.5. The number of rotatable bonds is 34. The van der Waals surface area contributed by atoms with Gasteiger partial charge in [0.1, 0.15) is 12.1 Å². The van der Waals surface area contributed by atoms with Crippen molar-refractivity contribution in [2.75, 3.05) is 13.2 Å². The maximum atomic E-state index is 12.6. The number of amides is 2. The minimum Gasteiger partial charge on any atom is -0.480 e. The van der Waals surface area contributed by atoms with Crippen molar-refractivity contribution < 1.29 is 34.1 Å². The van der Waals surface area contributed by atoms with Gasteiger partial charge in [0, 0.05) is 12.8 Å². The van der Waals surface area contributed by atoms with E-state index in [0.717, 1.165) is 64.2 Å². The first-order chi connectivity index (χ1) is 22.8. The second-order valence-electron chi connectivity index (χ2n) is 13.0. The van der Waals surface area contributed by atoms with Crippen LogP contribution >= 0.6 is 0 Å². The summed E-state index contributed by atoms with van der Waals surface area (Å²) in [4.78, 5) is 47.2. The van der Waals surface area contributed by atoms with Crippen LogP contribution < -0.4 is 10.6 Å². The maximum Gasteiger partial charge on any atom is 0.328 e. The van der Waals surface area contributed by atoms with E-state index in [-0.39, 0.29) is 24.5 Å². The van der Waals surface area contributed by atoms with Gasteiger partial charge in [0.15, 0.2) is 0 Å². The minimum absolute atomic E-state index is 0.00841. The van der Waals surface area contributed by atoms with E-state index < -0.39 is 24.5 Å². The molecule has 9 heteroatoms. The van der Waals surface area contributed by atoms with Gasteiger partial charge in [-0.3, -0.25) is 14.4 Å². The number of carboxylic acid groups (broad SMARTS) is 1. The number of aliphatic carboxylic acids is 1. The molecule has 2 unspecified atom stereocenters. The van der Waals surface area contributed by atoms with Crippen LogP contribution in [0.4, 0.5) is 0 Å². The Morgan fingerprint density at radius 2 is 1.09 bits per heavy atom. The van der Waals surface area contributed by atoms with Crippen molar-refractivity contribution in [2.45, 2.75) is 193 Å². The van der Waals surface area contributed by atoms with Gasteiger partial charge in [-0.15, -0.1) is 0 Å². The largest absolute Gasteiger partial charge is 0.480 e. The van der Waals surface area contributed by atoms with Crippen LogP contribution in [0.2, 0.25) is 0 Å². The second-order valence-corrected chi connectivity index (χ2v) is 13.0. The van der Waals surface area contributed by atoms with E-state index in [1.54, 1.807) is 0 Å². The summed E-state index contributed by atoms with van der Waals surface area (Å²) in [5.74, 6) is -2.30. The Morgan fingerprint density at radius 1 is 0.617 bits per heavy atom. The van der Waals surface area contributed by atoms with Crippen LogP contribution in [0.5, 0.6) is 0 Å². The number of hydrogen-bond acceptors (Lipinski definition) is 6. The average Bonchev–Trinajstić information content (AvgIpc) is 3.05. The van der Waals surface area contributed by atoms with Gasteiger partial charge in [0.05, 0.1) is 13.2 Å². The molecule has 0 fully saturated rings. The number of carbonyl (C=O) groups is 4. The number of aliphatic hydroxyl groups excluding tert-OH is 1. The molecule has 0 saturated carbocycles. The predicted octanol–water partition coefficient (Wildman–Crippen LogP) is 8.31. The van der Waals surface area contributed by atoms with E-state index in [1.807, 2.05) is 0 Å². The molecule has 0 spiro atoms. The van der Waals surface area contributed by atoms with Crippen molar-refractivity contribution in [2.24, 2.45) is 0 Å². The zero-order valence-corrected chi connectivity index (χ0v) is 30.0. The molecule has 0 heterocycles. The Labute approximate surface area is 286 Å². The van der Waals surface area contributed by atoms with Gasteiger partial charge >= 0.3 is 11.9 Å². The third-order valence-corrected chi connectivity index (χ3v) is 8.51. The fourth-order valence-electron chi connectivity index (χ4n) is 5.53. The molecule has 47 heavy (non-hydrogen) atoms. The van der Waals surface area contributed by atoms with Gasteiger partial charge in [-0.1, -0.05) is 116 Å². The van der Waals surface area contributed by atoms with E-state index >= 15 is 0 Å². The first-order valence-electron chi connectivity index (χ1n) is 19.1. The number of ether oxygens (including phenoxy) is 1. The minimum atomic E-state index is -1.38. The van der Waals surface area contributed by atoms with Crippen LogP contribution in [0, 0.1) is 0 Å². The lowest BCUT2D eigenvalue weighted by Crippen LogP contribution is -2.47. The second kappa shape index (κ2) is 33.5. The lowest BCUT2D eigenvalue weighted by Gasteiger charge is -2.18. The Balaban J connectivity index is 4.15. The van der Waals surface area contributed by atoms with Crippen LogP contribution in [0.1, 0.15) is 181 Å². The van der Waals surface area contributed by atoms with Crippen LogP contribution in [0.15, 0.2) is 12.2 Å². The molecule has 0 radical (unpaired) electrons. The van der Waals surface area contributed by atoms with Crippen LogP contribution in [-0.4, -0.2) is 59.3 Å². The number of carboxylic acids is 1. The van der Waals surface area contributed by atoms with Gasteiger partial charge in [0.2, 0.25) is 11.8 Å². The lowest BCUT2D eigenvalue weighted by molar-refractivity contribution is -0.150. The Bertz CT molecular complexity index is 818. The first-order valence-corrected chi connectivity index (χ1v) is 19.1. The van der Waals surface area contributed by atoms with E-state index in [9.17, 15) is 19.2 Å². The van der Waals surface area contributed by atoms with E-state index in [4.69, 9.17) is 14.9 Å². The smallest absolute Gasteiger partial charge is 0.328 e. The zero-order chi connectivity index (χ0) is 34.8. The summed E-state index contributed by atoms with van der Waals surface area (Å²) in [7, 11) is 0. The number of nitrogens with one attached hydrogen (secondary N) is 2. The van der Waals surface area contributed by atoms with Gasteiger partial charge < -0.3 is 25.6 Å². The quantitative estimate of drug-likeness (QED) is 0.0307. The van der Waals surface area contributed by atoms with Crippen molar-refractivity contribution in [1.29, 1.82) is 0 Å². The fourth-order valence-corrected chi connectivity index (χ4v) is 5.53. The topological polar surface area (TPSA) is 142 Å². The predicted molar refractivity (Wildman–Crippen MR) is 190 cm³/mol. The van der Waals surface area contributed by atoms with Crippen molar-refractivity contribution >= 4 is 23.8 Å². The van der Waals surface area contributed by atoms with Crippen LogP contribution in [-0.2, 0) is 23.9 Å². The highest BCUT2D eigenvalue weighted by Crippen LogP contribution is 2.18. The summed E-state index contributed by atoms with van der Waals surface area (Å²) in [6.07, 6.45) is 32.4. The average molecular weight is 667 g/mol. The number of esters is 1. The number of carbonyl (C=O) groups excluding carboxylic acids is 3. The number of hydrogen-bond donors (Lipinski definition) is 4. The summed E-state index contributed by atoms with van der Waals surface area (Å²) >= 11 is 0. The van der Waals surface area contributed by atoms with E-state index in [0.29, 0.717) is 19.3 Å². The Kier molecular flexibility index (Phi) is 31.8. The molecule has 0 aromatic heterocycles. The molecule has 4 N–H and O–H groups in total. The molecule has 2 atom stereocenters.